The van der Waals surface area contributed by atoms with E-state index < -0.39 is 0 Å². The third kappa shape index (κ3) is 4.02. The molecule has 0 aliphatic heterocycles. The number of ether oxygens (including phenoxy) is 2. The van der Waals surface area contributed by atoms with Crippen molar-refractivity contribution < 1.29 is 14.3 Å². The third-order valence-electron chi connectivity index (χ3n) is 6.57. The number of halogens is 1. The van der Waals surface area contributed by atoms with Crippen LogP contribution in [0.15, 0.2) is 48.5 Å². The Morgan fingerprint density at radius 2 is 1.78 bits per heavy atom. The van der Waals surface area contributed by atoms with E-state index in [2.05, 4.69) is 0 Å². The van der Waals surface area contributed by atoms with Gasteiger partial charge in [0, 0.05) is 29.0 Å². The minimum atomic E-state index is -0.153. The molecule has 6 heteroatoms. The van der Waals surface area contributed by atoms with Crippen LogP contribution in [0.4, 0.5) is 0 Å². The van der Waals surface area contributed by atoms with Crippen molar-refractivity contribution in [2.45, 2.75) is 51.0 Å². The zero-order chi connectivity index (χ0) is 22.1. The largest absolute Gasteiger partial charge is 0.494 e. The van der Waals surface area contributed by atoms with E-state index >= 15 is 0 Å². The third-order valence-corrected chi connectivity index (χ3v) is 6.82. The maximum absolute atomic E-state index is 12.7. The van der Waals surface area contributed by atoms with E-state index in [4.69, 9.17) is 26.2 Å². The maximum atomic E-state index is 12.7. The van der Waals surface area contributed by atoms with Crippen LogP contribution in [-0.4, -0.2) is 29.0 Å². The lowest BCUT2D eigenvalue weighted by atomic mass is 9.89. The van der Waals surface area contributed by atoms with Gasteiger partial charge in [0.2, 0.25) is 0 Å². The molecule has 1 atom stereocenters. The van der Waals surface area contributed by atoms with Gasteiger partial charge in [0.15, 0.2) is 0 Å². The summed E-state index contributed by atoms with van der Waals surface area (Å²) in [6.07, 6.45) is 6.52. The highest BCUT2D eigenvalue weighted by Gasteiger charge is 2.34. The summed E-state index contributed by atoms with van der Waals surface area (Å²) >= 11 is 6.15. The predicted molar refractivity (Wildman–Crippen MR) is 124 cm³/mol. The maximum Gasteiger partial charge on any atom is 0.309 e. The van der Waals surface area contributed by atoms with Crippen LogP contribution in [0.25, 0.3) is 16.9 Å². The highest BCUT2D eigenvalue weighted by molar-refractivity contribution is 6.30. The number of esters is 1. The zero-order valence-corrected chi connectivity index (χ0v) is 19.0. The molecule has 0 amide bonds. The number of benzene rings is 2. The molecule has 5 nitrogen and oxygen atoms in total. The van der Waals surface area contributed by atoms with E-state index in [0.717, 1.165) is 59.6 Å². The molecule has 2 aliphatic rings. The van der Waals surface area contributed by atoms with E-state index in [1.165, 1.54) is 6.42 Å². The normalized spacial score (nSPS) is 18.4. The van der Waals surface area contributed by atoms with Crippen LogP contribution in [0.3, 0.4) is 0 Å². The van der Waals surface area contributed by atoms with Crippen molar-refractivity contribution in [3.8, 4) is 22.7 Å². The lowest BCUT2D eigenvalue weighted by Gasteiger charge is -2.22. The molecule has 32 heavy (non-hydrogen) atoms. The summed E-state index contributed by atoms with van der Waals surface area (Å²) in [4.78, 5) is 12.7. The van der Waals surface area contributed by atoms with Gasteiger partial charge in [-0.15, -0.1) is 0 Å². The number of aromatic nitrogens is 2. The van der Waals surface area contributed by atoms with Gasteiger partial charge < -0.3 is 9.47 Å². The van der Waals surface area contributed by atoms with Gasteiger partial charge >= 0.3 is 5.97 Å². The number of hydrogen-bond acceptors (Lipinski definition) is 4. The Hall–Kier alpha value is -2.79. The monoisotopic (exact) mass is 450 g/mol. The fraction of sp³-hybridized carbons (Fsp3) is 0.385. The molecule has 0 N–H and O–H groups in total. The molecular formula is C26H27ClN2O3. The Morgan fingerprint density at radius 3 is 2.53 bits per heavy atom. The van der Waals surface area contributed by atoms with E-state index in [9.17, 15) is 4.79 Å². The molecule has 0 spiro atoms. The number of rotatable bonds is 5. The second-order valence-electron chi connectivity index (χ2n) is 8.67. The van der Waals surface area contributed by atoms with Gasteiger partial charge in [0.25, 0.3) is 0 Å². The molecule has 0 saturated heterocycles. The number of methoxy groups -OCH3 is 1. The van der Waals surface area contributed by atoms with E-state index in [-0.39, 0.29) is 18.0 Å². The molecule has 0 bridgehead atoms. The molecule has 0 radical (unpaired) electrons. The van der Waals surface area contributed by atoms with Gasteiger partial charge in [0.05, 0.1) is 24.4 Å². The average Bonchev–Trinajstić information content (AvgIpc) is 3.37. The predicted octanol–water partition coefficient (Wildman–Crippen LogP) is 5.79. The van der Waals surface area contributed by atoms with Crippen LogP contribution in [0.5, 0.6) is 5.75 Å². The summed E-state index contributed by atoms with van der Waals surface area (Å²) < 4.78 is 13.5. The summed E-state index contributed by atoms with van der Waals surface area (Å²) in [5.41, 5.74) is 5.00. The number of para-hydroxylation sites is 2. The summed E-state index contributed by atoms with van der Waals surface area (Å²) in [5.74, 6) is 0.774. The van der Waals surface area contributed by atoms with Gasteiger partial charge in [-0.2, -0.15) is 5.10 Å². The highest BCUT2D eigenvalue weighted by Crippen LogP contribution is 2.38. The Bertz CT molecular complexity index is 1120. The Labute approximate surface area is 193 Å². The van der Waals surface area contributed by atoms with Crippen molar-refractivity contribution >= 4 is 17.6 Å². The van der Waals surface area contributed by atoms with Crippen LogP contribution in [0.2, 0.25) is 5.02 Å². The molecule has 1 saturated carbocycles. The lowest BCUT2D eigenvalue weighted by molar-refractivity contribution is -0.154. The number of nitrogens with zero attached hydrogens (tertiary/aromatic N) is 2. The Kier molecular flexibility index (Phi) is 5.92. The van der Waals surface area contributed by atoms with E-state index in [1.807, 2.05) is 53.2 Å². The van der Waals surface area contributed by atoms with Gasteiger partial charge in [-0.3, -0.25) is 4.79 Å². The van der Waals surface area contributed by atoms with Crippen LogP contribution in [0, 0.1) is 5.92 Å². The fourth-order valence-electron chi connectivity index (χ4n) is 4.96. The molecule has 3 aromatic rings. The zero-order valence-electron chi connectivity index (χ0n) is 18.2. The van der Waals surface area contributed by atoms with Crippen LogP contribution in [0.1, 0.15) is 43.4 Å². The minimum Gasteiger partial charge on any atom is -0.494 e. The highest BCUT2D eigenvalue weighted by atomic mass is 35.5. The number of carbonyl (C=O) groups excluding carboxylic acids is 1. The van der Waals surface area contributed by atoms with Gasteiger partial charge in [-0.1, -0.05) is 55.1 Å². The molecule has 1 heterocycles. The average molecular weight is 451 g/mol. The first-order chi connectivity index (χ1) is 15.6. The molecule has 166 valence electrons. The standard InChI is InChI=1S/C26H27ClN2O3/c1-31-24-10-6-5-9-23(24)29-25(17-11-13-19(27)14-12-17)21-15-20(16-22(21)28-29)32-26(30)18-7-3-2-4-8-18/h5-6,9-14,18,20H,2-4,7-8,15-16H2,1H3. The molecule has 1 unspecified atom stereocenters. The fourth-order valence-corrected chi connectivity index (χ4v) is 5.08. The molecule has 2 aromatic carbocycles. The number of carbonyl (C=O) groups is 1. The second-order valence-corrected chi connectivity index (χ2v) is 9.10. The van der Waals surface area contributed by atoms with Crippen molar-refractivity contribution in [3.63, 3.8) is 0 Å². The van der Waals surface area contributed by atoms with Crippen molar-refractivity contribution in [1.29, 1.82) is 0 Å². The van der Waals surface area contributed by atoms with Gasteiger partial charge in [0.1, 0.15) is 17.5 Å². The molecule has 1 aromatic heterocycles. The van der Waals surface area contributed by atoms with Crippen LogP contribution >= 0.6 is 11.6 Å². The lowest BCUT2D eigenvalue weighted by Crippen LogP contribution is -2.26. The minimum absolute atomic E-state index is 0.0366. The first-order valence-corrected chi connectivity index (χ1v) is 11.7. The Balaban J connectivity index is 1.48. The molecular weight excluding hydrogens is 424 g/mol. The first kappa shape index (κ1) is 21.1. The molecule has 1 fully saturated rings. The molecule has 2 aliphatic carbocycles. The second kappa shape index (κ2) is 8.99. The smallest absolute Gasteiger partial charge is 0.309 e. The first-order valence-electron chi connectivity index (χ1n) is 11.3. The van der Waals surface area contributed by atoms with Gasteiger partial charge in [-0.05, 0) is 37.1 Å². The van der Waals surface area contributed by atoms with Crippen LogP contribution in [-0.2, 0) is 22.4 Å². The SMILES string of the molecule is COc1ccccc1-n1nc2c(c1-c1ccc(Cl)cc1)CC(OC(=O)C1CCCCC1)C2. The van der Waals surface area contributed by atoms with Crippen molar-refractivity contribution in [2.75, 3.05) is 7.11 Å². The molecule has 5 rings (SSSR count). The van der Waals surface area contributed by atoms with Crippen molar-refractivity contribution in [2.24, 2.45) is 5.92 Å². The number of hydrogen-bond donors (Lipinski definition) is 0. The quantitative estimate of drug-likeness (QED) is 0.461. The van der Waals surface area contributed by atoms with E-state index in [1.54, 1.807) is 7.11 Å². The van der Waals surface area contributed by atoms with Crippen molar-refractivity contribution in [3.05, 3.63) is 64.8 Å². The summed E-state index contributed by atoms with van der Waals surface area (Å²) in [5, 5.41) is 5.64. The number of fused-ring (bicyclic) bond motifs is 1. The summed E-state index contributed by atoms with van der Waals surface area (Å²) in [6, 6.07) is 15.6. The summed E-state index contributed by atoms with van der Waals surface area (Å²) in [6.45, 7) is 0. The topological polar surface area (TPSA) is 53.4 Å². The van der Waals surface area contributed by atoms with Crippen LogP contribution < -0.4 is 4.74 Å². The Morgan fingerprint density at radius 1 is 1.03 bits per heavy atom. The van der Waals surface area contributed by atoms with Gasteiger partial charge in [-0.25, -0.2) is 4.68 Å². The van der Waals surface area contributed by atoms with Crippen molar-refractivity contribution in [1.82, 2.24) is 9.78 Å². The summed E-state index contributed by atoms with van der Waals surface area (Å²) in [7, 11) is 1.67. The van der Waals surface area contributed by atoms with E-state index in [0.29, 0.717) is 17.9 Å².